The van der Waals surface area contributed by atoms with Crippen LogP contribution >= 0.6 is 11.3 Å². The number of rotatable bonds is 4. The number of esters is 1. The third-order valence-electron chi connectivity index (χ3n) is 4.41. The molecule has 4 rings (SSSR count). The average molecular weight is 390 g/mol. The molecule has 0 amide bonds. The van der Waals surface area contributed by atoms with E-state index in [1.165, 1.54) is 11.3 Å². The van der Waals surface area contributed by atoms with Crippen LogP contribution < -0.4 is 9.47 Å². The summed E-state index contributed by atoms with van der Waals surface area (Å²) in [6.07, 6.45) is 1.95. The van der Waals surface area contributed by atoms with Gasteiger partial charge in [-0.05, 0) is 48.6 Å². The SMILES string of the molecule is Cc1cccc(/C=C2\Oc3cc(OC(=O)Cc4cccs4)cc(C)c3C2=O)c1. The predicted octanol–water partition coefficient (Wildman–Crippen LogP) is 5.13. The van der Waals surface area contributed by atoms with E-state index in [1.54, 1.807) is 18.2 Å². The maximum atomic E-state index is 12.8. The molecule has 0 radical (unpaired) electrons. The van der Waals surface area contributed by atoms with Crippen molar-refractivity contribution in [2.24, 2.45) is 0 Å². The Labute approximate surface area is 167 Å². The van der Waals surface area contributed by atoms with Crippen LogP contribution in [-0.2, 0) is 11.2 Å². The highest BCUT2D eigenvalue weighted by atomic mass is 32.1. The summed E-state index contributed by atoms with van der Waals surface area (Å²) in [6, 6.07) is 14.9. The third kappa shape index (κ3) is 3.75. The van der Waals surface area contributed by atoms with Gasteiger partial charge >= 0.3 is 5.97 Å². The van der Waals surface area contributed by atoms with E-state index in [9.17, 15) is 9.59 Å². The van der Waals surface area contributed by atoms with Crippen molar-refractivity contribution in [2.75, 3.05) is 0 Å². The molecule has 1 aliphatic heterocycles. The van der Waals surface area contributed by atoms with Gasteiger partial charge in [-0.1, -0.05) is 35.9 Å². The van der Waals surface area contributed by atoms with Crippen molar-refractivity contribution in [3.8, 4) is 11.5 Å². The lowest BCUT2D eigenvalue weighted by atomic mass is 10.0. The molecule has 1 aliphatic rings. The molecule has 0 fully saturated rings. The summed E-state index contributed by atoms with van der Waals surface area (Å²) in [5, 5.41) is 1.92. The van der Waals surface area contributed by atoms with Crippen molar-refractivity contribution >= 4 is 29.2 Å². The van der Waals surface area contributed by atoms with Crippen molar-refractivity contribution < 1.29 is 19.1 Å². The molecule has 140 valence electrons. The average Bonchev–Trinajstić information content (AvgIpc) is 3.23. The zero-order valence-electron chi connectivity index (χ0n) is 15.5. The van der Waals surface area contributed by atoms with Crippen LogP contribution in [0, 0.1) is 13.8 Å². The van der Waals surface area contributed by atoms with E-state index >= 15 is 0 Å². The second-order valence-electron chi connectivity index (χ2n) is 6.70. The molecule has 0 atom stereocenters. The monoisotopic (exact) mass is 390 g/mol. The minimum absolute atomic E-state index is 0.162. The van der Waals surface area contributed by atoms with Crippen molar-refractivity contribution in [1.29, 1.82) is 0 Å². The maximum Gasteiger partial charge on any atom is 0.316 e. The maximum absolute atomic E-state index is 12.8. The van der Waals surface area contributed by atoms with Crippen LogP contribution in [0.5, 0.6) is 11.5 Å². The molecule has 3 aromatic rings. The Balaban J connectivity index is 1.57. The van der Waals surface area contributed by atoms with Gasteiger partial charge in [0.1, 0.15) is 11.5 Å². The van der Waals surface area contributed by atoms with E-state index < -0.39 is 0 Å². The van der Waals surface area contributed by atoms with Crippen molar-refractivity contribution in [3.05, 3.63) is 86.8 Å². The highest BCUT2D eigenvalue weighted by molar-refractivity contribution is 7.10. The Morgan fingerprint density at radius 1 is 1.14 bits per heavy atom. The van der Waals surface area contributed by atoms with Gasteiger partial charge in [0, 0.05) is 10.9 Å². The number of ketones is 1. The smallest absolute Gasteiger partial charge is 0.316 e. The first-order chi connectivity index (χ1) is 13.5. The molecule has 2 heterocycles. The van der Waals surface area contributed by atoms with Gasteiger partial charge in [0.15, 0.2) is 5.76 Å². The Morgan fingerprint density at radius 2 is 2.00 bits per heavy atom. The summed E-state index contributed by atoms with van der Waals surface area (Å²) in [7, 11) is 0. The van der Waals surface area contributed by atoms with Gasteiger partial charge in [-0.15, -0.1) is 11.3 Å². The second-order valence-corrected chi connectivity index (χ2v) is 7.73. The molecule has 1 aromatic heterocycles. The van der Waals surface area contributed by atoms with Gasteiger partial charge in [-0.25, -0.2) is 0 Å². The van der Waals surface area contributed by atoms with Crippen LogP contribution in [0.25, 0.3) is 6.08 Å². The zero-order chi connectivity index (χ0) is 19.7. The van der Waals surface area contributed by atoms with Gasteiger partial charge in [-0.2, -0.15) is 0 Å². The number of allylic oxidation sites excluding steroid dienone is 1. The summed E-state index contributed by atoms with van der Waals surface area (Å²) >= 11 is 1.51. The lowest BCUT2D eigenvalue weighted by molar-refractivity contribution is -0.133. The molecule has 0 saturated carbocycles. The molecule has 2 aromatic carbocycles. The lowest BCUT2D eigenvalue weighted by Crippen LogP contribution is -2.10. The Kier molecular flexibility index (Phi) is 4.84. The van der Waals surface area contributed by atoms with Crippen LogP contribution in [0.3, 0.4) is 0 Å². The highest BCUT2D eigenvalue weighted by Crippen LogP contribution is 2.37. The van der Waals surface area contributed by atoms with Gasteiger partial charge in [0.2, 0.25) is 5.78 Å². The number of carbonyl (C=O) groups excluding carboxylic acids is 2. The van der Waals surface area contributed by atoms with E-state index in [2.05, 4.69) is 0 Å². The summed E-state index contributed by atoms with van der Waals surface area (Å²) in [5.74, 6) is 0.558. The molecule has 4 nitrogen and oxygen atoms in total. The topological polar surface area (TPSA) is 52.6 Å². The number of hydrogen-bond donors (Lipinski definition) is 0. The number of thiophene rings is 1. The number of aryl methyl sites for hydroxylation is 2. The van der Waals surface area contributed by atoms with Crippen LogP contribution in [-0.4, -0.2) is 11.8 Å². The van der Waals surface area contributed by atoms with E-state index in [0.717, 1.165) is 16.0 Å². The van der Waals surface area contributed by atoms with Gasteiger partial charge < -0.3 is 9.47 Å². The zero-order valence-corrected chi connectivity index (χ0v) is 16.3. The number of ether oxygens (including phenoxy) is 2. The quantitative estimate of drug-likeness (QED) is 0.352. The first kappa shape index (κ1) is 18.2. The molecule has 0 spiro atoms. The minimum atomic E-state index is -0.346. The van der Waals surface area contributed by atoms with E-state index in [1.807, 2.05) is 55.6 Å². The van der Waals surface area contributed by atoms with Crippen LogP contribution in [0.1, 0.15) is 31.9 Å². The first-order valence-electron chi connectivity index (χ1n) is 8.88. The van der Waals surface area contributed by atoms with Crippen molar-refractivity contribution in [1.82, 2.24) is 0 Å². The molecule has 0 saturated heterocycles. The molecule has 28 heavy (non-hydrogen) atoms. The number of fused-ring (bicyclic) bond motifs is 1. The number of Topliss-reactive ketones (excluding diaryl/α,β-unsaturated/α-hetero) is 1. The minimum Gasteiger partial charge on any atom is -0.452 e. The van der Waals surface area contributed by atoms with Crippen LogP contribution in [0.2, 0.25) is 0 Å². The van der Waals surface area contributed by atoms with Crippen LogP contribution in [0.15, 0.2) is 59.7 Å². The van der Waals surface area contributed by atoms with Gasteiger partial charge in [0.05, 0.1) is 12.0 Å². The van der Waals surface area contributed by atoms with Gasteiger partial charge in [-0.3, -0.25) is 9.59 Å². The standard InChI is InChI=1S/C23H18O4S/c1-14-5-3-6-16(9-14)11-20-23(25)22-15(2)10-17(12-19(22)27-20)26-21(24)13-18-7-4-8-28-18/h3-12H,13H2,1-2H3/b20-11-. The fourth-order valence-corrected chi connectivity index (χ4v) is 3.86. The molecule has 0 aliphatic carbocycles. The summed E-state index contributed by atoms with van der Waals surface area (Å²) < 4.78 is 11.2. The molecule has 0 N–H and O–H groups in total. The number of carbonyl (C=O) groups is 2. The Morgan fingerprint density at radius 3 is 2.75 bits per heavy atom. The fraction of sp³-hybridized carbons (Fsp3) is 0.130. The van der Waals surface area contributed by atoms with E-state index in [0.29, 0.717) is 22.6 Å². The predicted molar refractivity (Wildman–Crippen MR) is 109 cm³/mol. The lowest BCUT2D eigenvalue weighted by Gasteiger charge is -2.07. The van der Waals surface area contributed by atoms with E-state index in [-0.39, 0.29) is 23.9 Å². The molecular formula is C23H18O4S. The van der Waals surface area contributed by atoms with Crippen molar-refractivity contribution in [3.63, 3.8) is 0 Å². The first-order valence-corrected chi connectivity index (χ1v) is 9.76. The number of benzene rings is 2. The summed E-state index contributed by atoms with van der Waals surface area (Å²) in [6.45, 7) is 3.81. The Hall–Kier alpha value is -3.18. The molecule has 5 heteroatoms. The molecule has 0 unspecified atom stereocenters. The largest absolute Gasteiger partial charge is 0.452 e. The summed E-state index contributed by atoms with van der Waals surface area (Å²) in [4.78, 5) is 25.9. The van der Waals surface area contributed by atoms with E-state index in [4.69, 9.17) is 9.47 Å². The number of hydrogen-bond acceptors (Lipinski definition) is 5. The van der Waals surface area contributed by atoms with Gasteiger partial charge in [0.25, 0.3) is 0 Å². The summed E-state index contributed by atoms with van der Waals surface area (Å²) in [5.41, 5.74) is 3.23. The Bertz CT molecular complexity index is 1090. The normalized spacial score (nSPS) is 14.1. The second kappa shape index (κ2) is 7.44. The van der Waals surface area contributed by atoms with Crippen molar-refractivity contribution in [2.45, 2.75) is 20.3 Å². The highest BCUT2D eigenvalue weighted by Gasteiger charge is 2.30. The third-order valence-corrected chi connectivity index (χ3v) is 5.29. The van der Waals surface area contributed by atoms with Crippen LogP contribution in [0.4, 0.5) is 0 Å². The molecule has 0 bridgehead atoms. The molecular weight excluding hydrogens is 372 g/mol. The fourth-order valence-electron chi connectivity index (χ4n) is 3.17.